The highest BCUT2D eigenvalue weighted by Crippen LogP contribution is 2.12. The molecule has 0 atom stereocenters. The lowest BCUT2D eigenvalue weighted by Gasteiger charge is -2.14. The molecule has 0 aromatic carbocycles. The van der Waals surface area contributed by atoms with Crippen molar-refractivity contribution >= 4 is 30.6 Å². The summed E-state index contributed by atoms with van der Waals surface area (Å²) >= 11 is 1.32. The molecule has 0 aliphatic carbocycles. The van der Waals surface area contributed by atoms with Gasteiger partial charge in [-0.05, 0) is 10.6 Å². The molecule has 0 saturated heterocycles. The Hall–Kier alpha value is -0.613. The van der Waals surface area contributed by atoms with Gasteiger partial charge in [-0.1, -0.05) is 25.7 Å². The van der Waals surface area contributed by atoms with E-state index in [1.165, 1.54) is 11.3 Å². The monoisotopic (exact) mass is 200 g/mol. The molecule has 0 bridgehead atoms. The number of carboxylic acids is 1. The van der Waals surface area contributed by atoms with Crippen LogP contribution in [0.3, 0.4) is 0 Å². The van der Waals surface area contributed by atoms with Crippen LogP contribution in [0.4, 0.5) is 0 Å². The second kappa shape index (κ2) is 3.03. The fourth-order valence-corrected chi connectivity index (χ4v) is 4.29. The van der Waals surface area contributed by atoms with E-state index in [4.69, 9.17) is 5.11 Å². The van der Waals surface area contributed by atoms with Crippen molar-refractivity contribution in [2.75, 3.05) is 0 Å². The van der Waals surface area contributed by atoms with Crippen LogP contribution in [0.5, 0.6) is 0 Å². The van der Waals surface area contributed by atoms with Crippen LogP contribution in [0.25, 0.3) is 0 Å². The molecule has 0 aliphatic rings. The number of aromatic carboxylic acids is 1. The second-order valence-corrected chi connectivity index (χ2v) is 9.67. The Morgan fingerprint density at radius 1 is 1.50 bits per heavy atom. The van der Waals surface area contributed by atoms with Crippen molar-refractivity contribution in [2.24, 2.45) is 0 Å². The van der Waals surface area contributed by atoms with Crippen molar-refractivity contribution in [1.82, 2.24) is 0 Å². The van der Waals surface area contributed by atoms with E-state index in [-0.39, 0.29) is 0 Å². The second-order valence-electron chi connectivity index (χ2n) is 3.72. The summed E-state index contributed by atoms with van der Waals surface area (Å²) in [7, 11) is -1.46. The van der Waals surface area contributed by atoms with Crippen LogP contribution in [0.2, 0.25) is 19.6 Å². The molecule has 1 heterocycles. The van der Waals surface area contributed by atoms with Crippen molar-refractivity contribution in [1.29, 1.82) is 0 Å². The van der Waals surface area contributed by atoms with Gasteiger partial charge in [-0.3, -0.25) is 0 Å². The molecule has 1 aromatic rings. The van der Waals surface area contributed by atoms with Gasteiger partial charge in [-0.15, -0.1) is 11.3 Å². The minimum Gasteiger partial charge on any atom is -0.477 e. The lowest BCUT2D eigenvalue weighted by Crippen LogP contribution is -2.39. The zero-order chi connectivity index (χ0) is 9.35. The summed E-state index contributed by atoms with van der Waals surface area (Å²) in [5.74, 6) is -0.789. The van der Waals surface area contributed by atoms with Gasteiger partial charge in [-0.2, -0.15) is 0 Å². The molecule has 0 saturated carbocycles. The first-order valence-corrected chi connectivity index (χ1v) is 8.12. The number of thiophene rings is 1. The van der Waals surface area contributed by atoms with Gasteiger partial charge in [-0.25, -0.2) is 4.79 Å². The highest BCUT2D eigenvalue weighted by Gasteiger charge is 2.23. The van der Waals surface area contributed by atoms with E-state index < -0.39 is 14.0 Å². The predicted octanol–water partition coefficient (Wildman–Crippen LogP) is 1.99. The maximum Gasteiger partial charge on any atom is 0.345 e. The summed E-state index contributed by atoms with van der Waals surface area (Å²) in [6.45, 7) is 6.46. The first-order valence-electron chi connectivity index (χ1n) is 3.74. The Morgan fingerprint density at radius 3 is 2.42 bits per heavy atom. The average molecular weight is 200 g/mol. The lowest BCUT2D eigenvalue weighted by molar-refractivity contribution is 0.0703. The molecule has 12 heavy (non-hydrogen) atoms. The van der Waals surface area contributed by atoms with Crippen molar-refractivity contribution in [3.05, 3.63) is 16.3 Å². The first kappa shape index (κ1) is 9.47. The van der Waals surface area contributed by atoms with Gasteiger partial charge in [0.15, 0.2) is 0 Å². The smallest absolute Gasteiger partial charge is 0.345 e. The van der Waals surface area contributed by atoms with E-state index in [2.05, 4.69) is 19.6 Å². The molecule has 4 heteroatoms. The summed E-state index contributed by atoms with van der Waals surface area (Å²) < 4.78 is 0. The fraction of sp³-hybridized carbons (Fsp3) is 0.375. The normalized spacial score (nSPS) is 11.6. The first-order chi connectivity index (χ1) is 5.43. The van der Waals surface area contributed by atoms with Crippen LogP contribution >= 0.6 is 11.3 Å². The van der Waals surface area contributed by atoms with Gasteiger partial charge in [0.25, 0.3) is 0 Å². The van der Waals surface area contributed by atoms with Gasteiger partial charge >= 0.3 is 5.97 Å². The number of carbonyl (C=O) groups is 1. The molecule has 0 unspecified atom stereocenters. The van der Waals surface area contributed by atoms with Crippen LogP contribution in [-0.4, -0.2) is 19.1 Å². The maximum atomic E-state index is 10.8. The fourth-order valence-electron chi connectivity index (χ4n) is 1.07. The van der Waals surface area contributed by atoms with E-state index in [1.54, 1.807) is 0 Å². The maximum absolute atomic E-state index is 10.8. The van der Waals surface area contributed by atoms with Crippen LogP contribution in [0.1, 0.15) is 9.67 Å². The third kappa shape index (κ3) is 1.76. The largest absolute Gasteiger partial charge is 0.477 e. The van der Waals surface area contributed by atoms with Crippen molar-refractivity contribution in [2.45, 2.75) is 19.6 Å². The Bertz CT molecular complexity index is 298. The van der Waals surface area contributed by atoms with E-state index in [0.29, 0.717) is 4.88 Å². The standard InChI is InChI=1S/C8H12O2SSi/c1-12(2,3)6-4-5-11-7(6)8(9)10/h4-5H,1-3H3,(H,9,10). The summed E-state index contributed by atoms with van der Waals surface area (Å²) in [4.78, 5) is 11.3. The molecule has 1 aromatic heterocycles. The molecule has 1 rings (SSSR count). The van der Waals surface area contributed by atoms with Gasteiger partial charge < -0.3 is 5.11 Å². The minimum absolute atomic E-state index is 0.522. The highest BCUT2D eigenvalue weighted by molar-refractivity contribution is 7.14. The van der Waals surface area contributed by atoms with Gasteiger partial charge in [0.05, 0.1) is 8.07 Å². The lowest BCUT2D eigenvalue weighted by atomic mass is 10.5. The van der Waals surface area contributed by atoms with E-state index in [0.717, 1.165) is 5.19 Å². The highest BCUT2D eigenvalue weighted by atomic mass is 32.1. The molecule has 0 radical (unpaired) electrons. The van der Waals surface area contributed by atoms with Crippen molar-refractivity contribution in [3.63, 3.8) is 0 Å². The molecule has 0 amide bonds. The zero-order valence-electron chi connectivity index (χ0n) is 7.42. The quantitative estimate of drug-likeness (QED) is 0.741. The topological polar surface area (TPSA) is 37.3 Å². The Balaban J connectivity index is 3.17. The molecule has 1 N–H and O–H groups in total. The van der Waals surface area contributed by atoms with Gasteiger partial charge in [0.1, 0.15) is 4.88 Å². The summed E-state index contributed by atoms with van der Waals surface area (Å²) in [6, 6.07) is 1.94. The molecule has 0 fully saturated rings. The van der Waals surface area contributed by atoms with Gasteiger partial charge in [0.2, 0.25) is 0 Å². The van der Waals surface area contributed by atoms with Crippen LogP contribution in [-0.2, 0) is 0 Å². The van der Waals surface area contributed by atoms with E-state index in [9.17, 15) is 4.79 Å². The van der Waals surface area contributed by atoms with Crippen LogP contribution in [0.15, 0.2) is 11.4 Å². The summed E-state index contributed by atoms with van der Waals surface area (Å²) in [5.41, 5.74) is 0. The van der Waals surface area contributed by atoms with Crippen molar-refractivity contribution in [3.8, 4) is 0 Å². The Kier molecular flexibility index (Phi) is 2.39. The minimum atomic E-state index is -1.46. The summed E-state index contributed by atoms with van der Waals surface area (Å²) in [5, 5.41) is 11.8. The molecule has 66 valence electrons. The third-order valence-corrected chi connectivity index (χ3v) is 4.78. The molecule has 0 spiro atoms. The zero-order valence-corrected chi connectivity index (χ0v) is 9.23. The van der Waals surface area contributed by atoms with Crippen molar-refractivity contribution < 1.29 is 9.90 Å². The number of carboxylic acid groups (broad SMARTS) is 1. The van der Waals surface area contributed by atoms with E-state index >= 15 is 0 Å². The molecular formula is C8H12O2SSi. The SMILES string of the molecule is C[Si](C)(C)c1ccsc1C(=O)O. The Labute approximate surface area is 76.9 Å². The number of rotatable bonds is 2. The van der Waals surface area contributed by atoms with Crippen LogP contribution < -0.4 is 5.19 Å². The molecule has 0 aliphatic heterocycles. The summed E-state index contributed by atoms with van der Waals surface area (Å²) in [6.07, 6.45) is 0. The molecular weight excluding hydrogens is 188 g/mol. The third-order valence-electron chi connectivity index (χ3n) is 1.67. The van der Waals surface area contributed by atoms with E-state index in [1.807, 2.05) is 11.4 Å². The number of hydrogen-bond acceptors (Lipinski definition) is 2. The van der Waals surface area contributed by atoms with Crippen LogP contribution in [0, 0.1) is 0 Å². The predicted molar refractivity (Wildman–Crippen MR) is 54.3 cm³/mol. The average Bonchev–Trinajstić information content (AvgIpc) is 2.30. The Morgan fingerprint density at radius 2 is 2.08 bits per heavy atom. The molecule has 2 nitrogen and oxygen atoms in total. The number of hydrogen-bond donors (Lipinski definition) is 1. The van der Waals surface area contributed by atoms with Gasteiger partial charge in [0, 0.05) is 0 Å².